The molecule has 1 saturated carbocycles. The molecule has 2 fully saturated rings. The van der Waals surface area contributed by atoms with E-state index in [-0.39, 0.29) is 24.4 Å². The van der Waals surface area contributed by atoms with Gasteiger partial charge in [-0.05, 0) is 37.5 Å². The van der Waals surface area contributed by atoms with Crippen LogP contribution in [-0.4, -0.2) is 44.4 Å². The van der Waals surface area contributed by atoms with Gasteiger partial charge in [0.2, 0.25) is 5.91 Å². The average Bonchev–Trinajstić information content (AvgIpc) is 3.33. The van der Waals surface area contributed by atoms with Crippen molar-refractivity contribution in [2.24, 2.45) is 0 Å². The third-order valence-corrected chi connectivity index (χ3v) is 5.83. The molecule has 4 rings (SSSR count). The second-order valence-electron chi connectivity index (χ2n) is 7.81. The first-order valence-corrected chi connectivity index (χ1v) is 10.0. The normalized spacial score (nSPS) is 19.3. The predicted octanol–water partition coefficient (Wildman–Crippen LogP) is 2.30. The molecule has 1 aliphatic heterocycles. The van der Waals surface area contributed by atoms with Crippen LogP contribution in [0.5, 0.6) is 0 Å². The number of urea groups is 1. The molecule has 29 heavy (non-hydrogen) atoms. The molecule has 1 aromatic heterocycles. The molecule has 1 saturated heterocycles. The standard InChI is InChI=1S/C21H25N5O3/c1-15(16-5-7-17(8-6-16)25-12-11-22-14-25)23-18(27)13-26-19(28)21(24-20(26)29)9-3-2-4-10-21/h5-8,11-12,14-15H,2-4,9-10,13H2,1H3,(H,23,27)(H,24,29)/t15-/m1/s1. The van der Waals surface area contributed by atoms with Crippen LogP contribution in [0.3, 0.4) is 0 Å². The molecule has 2 aromatic rings. The van der Waals surface area contributed by atoms with Gasteiger partial charge in [-0.15, -0.1) is 0 Å². The summed E-state index contributed by atoms with van der Waals surface area (Å²) in [5.41, 5.74) is 1.11. The summed E-state index contributed by atoms with van der Waals surface area (Å²) in [6, 6.07) is 7.05. The first-order valence-electron chi connectivity index (χ1n) is 10.0. The van der Waals surface area contributed by atoms with Crippen LogP contribution in [0.25, 0.3) is 5.69 Å². The summed E-state index contributed by atoms with van der Waals surface area (Å²) >= 11 is 0. The summed E-state index contributed by atoms with van der Waals surface area (Å²) in [6.07, 6.45) is 9.49. The molecule has 1 spiro atoms. The van der Waals surface area contributed by atoms with Gasteiger partial charge in [0.05, 0.1) is 12.4 Å². The molecule has 1 aromatic carbocycles. The Morgan fingerprint density at radius 1 is 1.21 bits per heavy atom. The SMILES string of the molecule is C[C@@H](NC(=O)CN1C(=O)NC2(CCCCC2)C1=O)c1ccc(-n2ccnc2)cc1. The zero-order valence-corrected chi connectivity index (χ0v) is 16.4. The molecular formula is C21H25N5O3. The van der Waals surface area contributed by atoms with Crippen LogP contribution in [0, 0.1) is 0 Å². The summed E-state index contributed by atoms with van der Waals surface area (Å²) in [5.74, 6) is -0.623. The largest absolute Gasteiger partial charge is 0.348 e. The molecule has 2 heterocycles. The molecule has 4 amide bonds. The molecule has 1 atom stereocenters. The number of rotatable bonds is 5. The maximum absolute atomic E-state index is 12.8. The van der Waals surface area contributed by atoms with Crippen LogP contribution < -0.4 is 10.6 Å². The van der Waals surface area contributed by atoms with E-state index >= 15 is 0 Å². The minimum Gasteiger partial charge on any atom is -0.348 e. The predicted molar refractivity (Wildman–Crippen MR) is 106 cm³/mol. The number of carbonyl (C=O) groups excluding carboxylic acids is 3. The molecule has 0 bridgehead atoms. The van der Waals surface area contributed by atoms with Crippen molar-refractivity contribution in [3.05, 3.63) is 48.5 Å². The second-order valence-corrected chi connectivity index (χ2v) is 7.81. The maximum Gasteiger partial charge on any atom is 0.325 e. The maximum atomic E-state index is 12.8. The number of carbonyl (C=O) groups is 3. The number of aromatic nitrogens is 2. The van der Waals surface area contributed by atoms with E-state index in [9.17, 15) is 14.4 Å². The van der Waals surface area contributed by atoms with E-state index < -0.39 is 11.6 Å². The molecular weight excluding hydrogens is 370 g/mol. The zero-order chi connectivity index (χ0) is 20.4. The van der Waals surface area contributed by atoms with Gasteiger partial charge in [-0.2, -0.15) is 0 Å². The lowest BCUT2D eigenvalue weighted by Crippen LogP contribution is -2.49. The lowest BCUT2D eigenvalue weighted by atomic mass is 9.82. The fraction of sp³-hybridized carbons (Fsp3) is 0.429. The minimum absolute atomic E-state index is 0.247. The Hall–Kier alpha value is -3.16. The van der Waals surface area contributed by atoms with E-state index in [2.05, 4.69) is 15.6 Å². The van der Waals surface area contributed by atoms with Crippen LogP contribution in [0.15, 0.2) is 43.0 Å². The molecule has 152 valence electrons. The molecule has 1 aliphatic carbocycles. The van der Waals surface area contributed by atoms with Crippen molar-refractivity contribution in [3.8, 4) is 5.69 Å². The van der Waals surface area contributed by atoms with Gasteiger partial charge >= 0.3 is 6.03 Å². The van der Waals surface area contributed by atoms with Gasteiger partial charge in [0.1, 0.15) is 12.1 Å². The topological polar surface area (TPSA) is 96.3 Å². The van der Waals surface area contributed by atoms with Crippen LogP contribution in [0.2, 0.25) is 0 Å². The van der Waals surface area contributed by atoms with E-state index in [1.807, 2.05) is 42.0 Å². The highest BCUT2D eigenvalue weighted by Gasteiger charge is 2.51. The van der Waals surface area contributed by atoms with E-state index in [4.69, 9.17) is 0 Å². The minimum atomic E-state index is -0.801. The first-order chi connectivity index (χ1) is 14.0. The lowest BCUT2D eigenvalue weighted by molar-refractivity contribution is -0.136. The highest BCUT2D eigenvalue weighted by atomic mass is 16.2. The number of benzene rings is 1. The summed E-state index contributed by atoms with van der Waals surface area (Å²) in [7, 11) is 0. The van der Waals surface area contributed by atoms with Crippen molar-refractivity contribution in [2.75, 3.05) is 6.54 Å². The van der Waals surface area contributed by atoms with E-state index in [1.165, 1.54) is 0 Å². The highest BCUT2D eigenvalue weighted by Crippen LogP contribution is 2.33. The quantitative estimate of drug-likeness (QED) is 0.760. The number of hydrogen-bond donors (Lipinski definition) is 2. The Balaban J connectivity index is 1.37. The monoisotopic (exact) mass is 395 g/mol. The van der Waals surface area contributed by atoms with Crippen molar-refractivity contribution in [2.45, 2.75) is 50.6 Å². The van der Waals surface area contributed by atoms with Crippen molar-refractivity contribution < 1.29 is 14.4 Å². The lowest BCUT2D eigenvalue weighted by Gasteiger charge is -2.30. The van der Waals surface area contributed by atoms with E-state index in [0.29, 0.717) is 12.8 Å². The number of amides is 4. The van der Waals surface area contributed by atoms with Gasteiger partial charge in [-0.3, -0.25) is 14.5 Å². The highest BCUT2D eigenvalue weighted by molar-refractivity contribution is 6.09. The van der Waals surface area contributed by atoms with Crippen molar-refractivity contribution in [3.63, 3.8) is 0 Å². The van der Waals surface area contributed by atoms with E-state index in [1.54, 1.807) is 12.5 Å². The van der Waals surface area contributed by atoms with Crippen molar-refractivity contribution in [1.29, 1.82) is 0 Å². The Labute approximate surface area is 169 Å². The van der Waals surface area contributed by atoms with Crippen LogP contribution in [-0.2, 0) is 9.59 Å². The Morgan fingerprint density at radius 2 is 1.93 bits per heavy atom. The second kappa shape index (κ2) is 7.69. The molecule has 0 radical (unpaired) electrons. The van der Waals surface area contributed by atoms with Crippen molar-refractivity contribution >= 4 is 17.8 Å². The summed E-state index contributed by atoms with van der Waals surface area (Å²) < 4.78 is 1.89. The van der Waals surface area contributed by atoms with Crippen LogP contribution in [0.4, 0.5) is 4.79 Å². The fourth-order valence-corrected chi connectivity index (χ4v) is 4.18. The number of nitrogens with zero attached hydrogens (tertiary/aromatic N) is 3. The summed E-state index contributed by atoms with van der Waals surface area (Å²) in [6.45, 7) is 1.61. The fourth-order valence-electron chi connectivity index (χ4n) is 4.18. The van der Waals surface area contributed by atoms with Gasteiger partial charge in [0.15, 0.2) is 0 Å². The van der Waals surface area contributed by atoms with Crippen LogP contribution in [0.1, 0.15) is 50.6 Å². The van der Waals surface area contributed by atoms with Crippen LogP contribution >= 0.6 is 0 Å². The molecule has 0 unspecified atom stereocenters. The molecule has 8 nitrogen and oxygen atoms in total. The van der Waals surface area contributed by atoms with Gasteiger partial charge < -0.3 is 15.2 Å². The number of hydrogen-bond acceptors (Lipinski definition) is 4. The van der Waals surface area contributed by atoms with Gasteiger partial charge in [0.25, 0.3) is 5.91 Å². The summed E-state index contributed by atoms with van der Waals surface area (Å²) in [4.78, 5) is 42.7. The van der Waals surface area contributed by atoms with Gasteiger partial charge in [-0.25, -0.2) is 9.78 Å². The average molecular weight is 395 g/mol. The smallest absolute Gasteiger partial charge is 0.325 e. The summed E-state index contributed by atoms with van der Waals surface area (Å²) in [5, 5.41) is 5.71. The molecule has 2 N–H and O–H groups in total. The molecule has 8 heteroatoms. The number of imide groups is 1. The Morgan fingerprint density at radius 3 is 2.59 bits per heavy atom. The zero-order valence-electron chi connectivity index (χ0n) is 16.4. The van der Waals surface area contributed by atoms with Crippen molar-refractivity contribution in [1.82, 2.24) is 25.1 Å². The third-order valence-electron chi connectivity index (χ3n) is 5.83. The first kappa shape index (κ1) is 19.2. The Kier molecular flexibility index (Phi) is 5.08. The van der Waals surface area contributed by atoms with Gasteiger partial charge in [-0.1, -0.05) is 31.4 Å². The van der Waals surface area contributed by atoms with Gasteiger partial charge in [0, 0.05) is 18.1 Å². The van der Waals surface area contributed by atoms with E-state index in [0.717, 1.165) is 35.4 Å². The third kappa shape index (κ3) is 3.74. The molecule has 2 aliphatic rings. The number of imidazole rings is 1. The Bertz CT molecular complexity index is 901. The number of nitrogens with one attached hydrogen (secondary N) is 2.